The minimum absolute atomic E-state index is 0.175. The van der Waals surface area contributed by atoms with E-state index in [0.29, 0.717) is 5.78 Å². The van der Waals surface area contributed by atoms with Crippen LogP contribution in [-0.2, 0) is 4.79 Å². The van der Waals surface area contributed by atoms with E-state index in [2.05, 4.69) is 19.1 Å². The molecule has 0 saturated heterocycles. The van der Waals surface area contributed by atoms with Gasteiger partial charge in [-0.1, -0.05) is 37.1 Å². The van der Waals surface area contributed by atoms with Gasteiger partial charge in [-0.15, -0.1) is 0 Å². The Morgan fingerprint density at radius 1 is 1.13 bits per heavy atom. The van der Waals surface area contributed by atoms with E-state index >= 15 is 0 Å². The highest BCUT2D eigenvalue weighted by Gasteiger charge is 2.23. The summed E-state index contributed by atoms with van der Waals surface area (Å²) in [5, 5.41) is 0. The van der Waals surface area contributed by atoms with Crippen LogP contribution in [0.25, 0.3) is 0 Å². The molecule has 80 valence electrons. The van der Waals surface area contributed by atoms with E-state index in [0.717, 1.165) is 19.3 Å². The van der Waals surface area contributed by atoms with Crippen LogP contribution in [-0.4, -0.2) is 5.78 Å². The van der Waals surface area contributed by atoms with Gasteiger partial charge in [-0.05, 0) is 30.9 Å². The Morgan fingerprint density at radius 3 is 2.73 bits per heavy atom. The zero-order chi connectivity index (χ0) is 10.7. The lowest BCUT2D eigenvalue weighted by atomic mass is 9.88. The molecule has 0 aliphatic heterocycles. The van der Waals surface area contributed by atoms with E-state index in [1.54, 1.807) is 0 Å². The Hall–Kier alpha value is -1.11. The van der Waals surface area contributed by atoms with Gasteiger partial charge in [-0.2, -0.15) is 0 Å². The molecule has 15 heavy (non-hydrogen) atoms. The molecule has 0 spiro atoms. The summed E-state index contributed by atoms with van der Waals surface area (Å²) in [6.45, 7) is 2.10. The highest BCUT2D eigenvalue weighted by atomic mass is 16.1. The highest BCUT2D eigenvalue weighted by molar-refractivity contribution is 5.86. The second-order valence-electron chi connectivity index (χ2n) is 4.47. The minimum atomic E-state index is 0.175. The molecule has 1 unspecified atom stereocenters. The molecule has 0 bridgehead atoms. The van der Waals surface area contributed by atoms with Crippen molar-refractivity contribution in [1.29, 1.82) is 0 Å². The first kappa shape index (κ1) is 10.4. The smallest absolute Gasteiger partial charge is 0.140 e. The second kappa shape index (κ2) is 4.61. The molecule has 1 aromatic carbocycles. The Morgan fingerprint density at radius 2 is 1.93 bits per heavy atom. The summed E-state index contributed by atoms with van der Waals surface area (Å²) < 4.78 is 0. The fourth-order valence-corrected chi connectivity index (χ4v) is 2.47. The molecule has 0 amide bonds. The summed E-state index contributed by atoms with van der Waals surface area (Å²) in [6, 6.07) is 8.30. The molecule has 1 aliphatic carbocycles. The predicted molar refractivity (Wildman–Crippen MR) is 62.0 cm³/mol. The van der Waals surface area contributed by atoms with Gasteiger partial charge < -0.3 is 0 Å². The molecule has 1 nitrogen and oxygen atoms in total. The van der Waals surface area contributed by atoms with Crippen LogP contribution in [0.2, 0.25) is 0 Å². The summed E-state index contributed by atoms with van der Waals surface area (Å²) in [5.41, 5.74) is 2.52. The van der Waals surface area contributed by atoms with Gasteiger partial charge in [0, 0.05) is 12.3 Å². The van der Waals surface area contributed by atoms with Gasteiger partial charge >= 0.3 is 0 Å². The average Bonchev–Trinajstić information content (AvgIpc) is 2.44. The van der Waals surface area contributed by atoms with Gasteiger partial charge in [0.05, 0.1) is 0 Å². The molecule has 1 atom stereocenters. The van der Waals surface area contributed by atoms with E-state index < -0.39 is 0 Å². The fraction of sp³-hybridized carbons (Fsp3) is 0.500. The quantitative estimate of drug-likeness (QED) is 0.636. The lowest BCUT2D eigenvalue weighted by Crippen LogP contribution is -2.11. The largest absolute Gasteiger partial charge is 0.299 e. The number of hydrogen-bond acceptors (Lipinski definition) is 1. The first-order valence-electron chi connectivity index (χ1n) is 5.87. The number of benzene rings is 1. The summed E-state index contributed by atoms with van der Waals surface area (Å²) in [5.74, 6) is 0.621. The van der Waals surface area contributed by atoms with Gasteiger partial charge in [0.2, 0.25) is 0 Å². The fourth-order valence-electron chi connectivity index (χ4n) is 2.47. The molecule has 0 N–H and O–H groups in total. The maximum Gasteiger partial charge on any atom is 0.140 e. The monoisotopic (exact) mass is 202 g/mol. The number of hydrogen-bond donors (Lipinski definition) is 0. The van der Waals surface area contributed by atoms with Gasteiger partial charge in [-0.3, -0.25) is 4.79 Å². The summed E-state index contributed by atoms with van der Waals surface area (Å²) in [4.78, 5) is 12.0. The molecular weight excluding hydrogens is 184 g/mol. The molecule has 1 saturated carbocycles. The van der Waals surface area contributed by atoms with Crippen LogP contribution in [0, 0.1) is 6.92 Å². The molecule has 1 aromatic rings. The van der Waals surface area contributed by atoms with Crippen molar-refractivity contribution >= 4 is 5.78 Å². The topological polar surface area (TPSA) is 17.1 Å². The standard InChI is InChI=1S/C14H18O/c1-11-7-5-6-8-12(11)13-9-3-2-4-10-14(13)15/h5-8,13H,2-4,9-10H2,1H3. The number of aryl methyl sites for hydroxylation is 1. The molecule has 0 heterocycles. The Labute approximate surface area is 91.5 Å². The zero-order valence-corrected chi connectivity index (χ0v) is 9.33. The van der Waals surface area contributed by atoms with Crippen LogP contribution >= 0.6 is 0 Å². The number of carbonyl (C=O) groups is 1. The Bertz CT molecular complexity index is 354. The lowest BCUT2D eigenvalue weighted by molar-refractivity contribution is -0.120. The number of ketones is 1. The lowest BCUT2D eigenvalue weighted by Gasteiger charge is -2.15. The second-order valence-corrected chi connectivity index (χ2v) is 4.47. The van der Waals surface area contributed by atoms with E-state index in [1.807, 2.05) is 12.1 Å². The molecule has 1 heteroatoms. The van der Waals surface area contributed by atoms with Crippen LogP contribution in [0.15, 0.2) is 24.3 Å². The molecule has 2 rings (SSSR count). The molecule has 1 aliphatic rings. The number of carbonyl (C=O) groups excluding carboxylic acids is 1. The third kappa shape index (κ3) is 2.28. The van der Waals surface area contributed by atoms with Gasteiger partial charge in [0.15, 0.2) is 0 Å². The average molecular weight is 202 g/mol. The Balaban J connectivity index is 2.28. The molecule has 1 fully saturated rings. The first-order valence-corrected chi connectivity index (χ1v) is 5.87. The maximum atomic E-state index is 12.0. The van der Waals surface area contributed by atoms with Crippen molar-refractivity contribution in [1.82, 2.24) is 0 Å². The van der Waals surface area contributed by atoms with Crippen molar-refractivity contribution in [3.05, 3.63) is 35.4 Å². The van der Waals surface area contributed by atoms with Crippen LogP contribution in [0.4, 0.5) is 0 Å². The minimum Gasteiger partial charge on any atom is -0.299 e. The van der Waals surface area contributed by atoms with Gasteiger partial charge in [-0.25, -0.2) is 0 Å². The zero-order valence-electron chi connectivity index (χ0n) is 9.33. The van der Waals surface area contributed by atoms with Crippen molar-refractivity contribution in [2.45, 2.75) is 44.9 Å². The van der Waals surface area contributed by atoms with E-state index in [4.69, 9.17) is 0 Å². The van der Waals surface area contributed by atoms with E-state index in [1.165, 1.54) is 24.0 Å². The number of Topliss-reactive ketones (excluding diaryl/α,β-unsaturated/α-hetero) is 1. The first-order chi connectivity index (χ1) is 7.29. The summed E-state index contributed by atoms with van der Waals surface area (Å²) >= 11 is 0. The van der Waals surface area contributed by atoms with Crippen LogP contribution in [0.1, 0.15) is 49.1 Å². The normalized spacial score (nSPS) is 22.5. The molecular formula is C14H18O. The van der Waals surface area contributed by atoms with Crippen LogP contribution < -0.4 is 0 Å². The van der Waals surface area contributed by atoms with Gasteiger partial charge in [0.25, 0.3) is 0 Å². The van der Waals surface area contributed by atoms with E-state index in [-0.39, 0.29) is 5.92 Å². The third-order valence-electron chi connectivity index (χ3n) is 3.37. The van der Waals surface area contributed by atoms with Crippen LogP contribution in [0.3, 0.4) is 0 Å². The highest BCUT2D eigenvalue weighted by Crippen LogP contribution is 2.30. The van der Waals surface area contributed by atoms with E-state index in [9.17, 15) is 4.79 Å². The van der Waals surface area contributed by atoms with Crippen LogP contribution in [0.5, 0.6) is 0 Å². The number of rotatable bonds is 1. The van der Waals surface area contributed by atoms with Crippen molar-refractivity contribution in [3.8, 4) is 0 Å². The molecule has 0 radical (unpaired) electrons. The summed E-state index contributed by atoms with van der Waals surface area (Å²) in [6.07, 6.45) is 5.32. The predicted octanol–water partition coefficient (Wildman–Crippen LogP) is 3.61. The van der Waals surface area contributed by atoms with Crippen molar-refractivity contribution in [3.63, 3.8) is 0 Å². The van der Waals surface area contributed by atoms with Crippen molar-refractivity contribution in [2.24, 2.45) is 0 Å². The third-order valence-corrected chi connectivity index (χ3v) is 3.37. The summed E-state index contributed by atoms with van der Waals surface area (Å²) in [7, 11) is 0. The van der Waals surface area contributed by atoms with Crippen molar-refractivity contribution in [2.75, 3.05) is 0 Å². The van der Waals surface area contributed by atoms with Gasteiger partial charge in [0.1, 0.15) is 5.78 Å². The SMILES string of the molecule is Cc1ccccc1C1CCCCCC1=O. The maximum absolute atomic E-state index is 12.0. The Kier molecular flexibility index (Phi) is 3.20. The molecule has 0 aromatic heterocycles. The van der Waals surface area contributed by atoms with Crippen molar-refractivity contribution < 1.29 is 4.79 Å².